The third-order valence-corrected chi connectivity index (χ3v) is 5.81. The maximum absolute atomic E-state index is 3.59. The number of hydrogen-bond donors (Lipinski definition) is 1. The minimum Gasteiger partial charge on any atom is -0.316 e. The van der Waals surface area contributed by atoms with Crippen molar-refractivity contribution in [3.63, 3.8) is 0 Å². The Kier molecular flexibility index (Phi) is 6.33. The lowest BCUT2D eigenvalue weighted by atomic mass is 9.94. The fourth-order valence-corrected chi connectivity index (χ4v) is 4.23. The van der Waals surface area contributed by atoms with Crippen LogP contribution in [0.3, 0.4) is 0 Å². The Morgan fingerprint density at radius 1 is 1.17 bits per heavy atom. The minimum absolute atomic E-state index is 0.907. The fourth-order valence-electron chi connectivity index (χ4n) is 3.49. The molecule has 18 heavy (non-hydrogen) atoms. The lowest BCUT2D eigenvalue weighted by Gasteiger charge is -2.34. The van der Waals surface area contributed by atoms with Gasteiger partial charge in [-0.05, 0) is 70.3 Å². The molecule has 1 aliphatic heterocycles. The molecule has 0 aromatic heterocycles. The van der Waals surface area contributed by atoms with E-state index in [1.54, 1.807) is 0 Å². The van der Waals surface area contributed by atoms with Crippen LogP contribution >= 0.6 is 11.8 Å². The van der Waals surface area contributed by atoms with E-state index in [0.717, 1.165) is 17.2 Å². The summed E-state index contributed by atoms with van der Waals surface area (Å²) in [4.78, 5) is 2.79. The number of thioether (sulfide) groups is 1. The van der Waals surface area contributed by atoms with Gasteiger partial charge >= 0.3 is 0 Å². The average Bonchev–Trinajstić information content (AvgIpc) is 2.88. The number of rotatable bonds is 6. The molecule has 2 fully saturated rings. The van der Waals surface area contributed by atoms with Crippen LogP contribution in [0.5, 0.6) is 0 Å². The quantitative estimate of drug-likeness (QED) is 0.747. The SMILES string of the molecule is CCCNCC1CCN(C2CCC(SC)CC2)C1. The highest BCUT2D eigenvalue weighted by molar-refractivity contribution is 7.99. The molecule has 0 amide bonds. The van der Waals surface area contributed by atoms with Crippen LogP contribution in [-0.4, -0.2) is 48.6 Å². The van der Waals surface area contributed by atoms with E-state index in [4.69, 9.17) is 0 Å². The first-order valence-corrected chi connectivity index (χ1v) is 9.09. The molecule has 2 rings (SSSR count). The van der Waals surface area contributed by atoms with Gasteiger partial charge in [-0.1, -0.05) is 6.92 Å². The molecule has 1 atom stereocenters. The topological polar surface area (TPSA) is 15.3 Å². The number of likely N-dealkylation sites (tertiary alicyclic amines) is 1. The first-order valence-electron chi connectivity index (χ1n) is 7.81. The van der Waals surface area contributed by atoms with Gasteiger partial charge in [0.25, 0.3) is 0 Å². The van der Waals surface area contributed by atoms with Crippen LogP contribution in [0.1, 0.15) is 45.4 Å². The number of nitrogens with zero attached hydrogens (tertiary/aromatic N) is 1. The normalized spacial score (nSPS) is 34.0. The Bertz CT molecular complexity index is 227. The molecule has 1 N–H and O–H groups in total. The monoisotopic (exact) mass is 270 g/mol. The van der Waals surface area contributed by atoms with E-state index in [0.29, 0.717) is 0 Å². The van der Waals surface area contributed by atoms with Gasteiger partial charge in [0.2, 0.25) is 0 Å². The van der Waals surface area contributed by atoms with Crippen molar-refractivity contribution in [1.82, 2.24) is 10.2 Å². The Morgan fingerprint density at radius 3 is 2.61 bits per heavy atom. The summed E-state index contributed by atoms with van der Waals surface area (Å²) in [6.07, 6.45) is 10.7. The van der Waals surface area contributed by atoms with E-state index in [1.165, 1.54) is 64.7 Å². The summed E-state index contributed by atoms with van der Waals surface area (Å²) >= 11 is 2.08. The summed E-state index contributed by atoms with van der Waals surface area (Å²) in [7, 11) is 0. The van der Waals surface area contributed by atoms with Crippen LogP contribution in [0.15, 0.2) is 0 Å². The molecule has 1 heterocycles. The van der Waals surface area contributed by atoms with E-state index in [2.05, 4.69) is 35.2 Å². The Hall–Kier alpha value is 0.270. The predicted octanol–water partition coefficient (Wildman–Crippen LogP) is 2.98. The van der Waals surface area contributed by atoms with Crippen molar-refractivity contribution in [1.29, 1.82) is 0 Å². The molecule has 0 spiro atoms. The lowest BCUT2D eigenvalue weighted by molar-refractivity contribution is 0.187. The van der Waals surface area contributed by atoms with Crippen molar-refractivity contribution in [2.75, 3.05) is 32.4 Å². The number of nitrogens with one attached hydrogen (secondary N) is 1. The van der Waals surface area contributed by atoms with Gasteiger partial charge in [0, 0.05) is 17.8 Å². The summed E-state index contributed by atoms with van der Waals surface area (Å²) in [6.45, 7) is 7.39. The Morgan fingerprint density at radius 2 is 1.94 bits per heavy atom. The van der Waals surface area contributed by atoms with Crippen molar-refractivity contribution in [3.8, 4) is 0 Å². The second-order valence-corrected chi connectivity index (χ2v) is 7.16. The standard InChI is InChI=1S/C15H30N2S/c1-3-9-16-11-13-8-10-17(12-13)14-4-6-15(18-2)7-5-14/h13-16H,3-12H2,1-2H3. The second-order valence-electron chi connectivity index (χ2n) is 6.02. The molecule has 0 aromatic carbocycles. The first kappa shape index (κ1) is 14.7. The van der Waals surface area contributed by atoms with E-state index in [-0.39, 0.29) is 0 Å². The van der Waals surface area contributed by atoms with Crippen molar-refractivity contribution in [2.24, 2.45) is 5.92 Å². The van der Waals surface area contributed by atoms with Crippen LogP contribution in [-0.2, 0) is 0 Å². The Labute approximate surface area is 117 Å². The van der Waals surface area contributed by atoms with Gasteiger partial charge in [0.15, 0.2) is 0 Å². The predicted molar refractivity (Wildman–Crippen MR) is 82.4 cm³/mol. The molecule has 2 nitrogen and oxygen atoms in total. The summed E-state index contributed by atoms with van der Waals surface area (Å²) < 4.78 is 0. The summed E-state index contributed by atoms with van der Waals surface area (Å²) in [5, 5.41) is 4.54. The maximum atomic E-state index is 3.59. The van der Waals surface area contributed by atoms with Gasteiger partial charge in [-0.3, -0.25) is 0 Å². The van der Waals surface area contributed by atoms with Crippen LogP contribution in [0.4, 0.5) is 0 Å². The van der Waals surface area contributed by atoms with Gasteiger partial charge in [-0.15, -0.1) is 0 Å². The van der Waals surface area contributed by atoms with E-state index >= 15 is 0 Å². The van der Waals surface area contributed by atoms with Gasteiger partial charge in [0.1, 0.15) is 0 Å². The maximum Gasteiger partial charge on any atom is 0.00961 e. The first-order chi connectivity index (χ1) is 8.83. The van der Waals surface area contributed by atoms with Gasteiger partial charge in [-0.2, -0.15) is 11.8 Å². The fraction of sp³-hybridized carbons (Fsp3) is 1.00. The average molecular weight is 270 g/mol. The van der Waals surface area contributed by atoms with E-state index in [9.17, 15) is 0 Å². The molecular weight excluding hydrogens is 240 g/mol. The van der Waals surface area contributed by atoms with Crippen molar-refractivity contribution in [3.05, 3.63) is 0 Å². The van der Waals surface area contributed by atoms with Crippen molar-refractivity contribution < 1.29 is 0 Å². The van der Waals surface area contributed by atoms with Crippen LogP contribution in [0.25, 0.3) is 0 Å². The zero-order valence-corrected chi connectivity index (χ0v) is 13.0. The smallest absolute Gasteiger partial charge is 0.00961 e. The molecule has 0 bridgehead atoms. The highest BCUT2D eigenvalue weighted by Crippen LogP contribution is 2.31. The zero-order chi connectivity index (χ0) is 12.8. The molecule has 1 unspecified atom stereocenters. The third kappa shape index (κ3) is 4.14. The van der Waals surface area contributed by atoms with Crippen LogP contribution in [0, 0.1) is 5.92 Å². The summed E-state index contributed by atoms with van der Waals surface area (Å²) in [5.41, 5.74) is 0. The van der Waals surface area contributed by atoms with Crippen molar-refractivity contribution in [2.45, 2.75) is 56.7 Å². The largest absolute Gasteiger partial charge is 0.316 e. The Balaban J connectivity index is 1.66. The molecule has 1 saturated carbocycles. The van der Waals surface area contributed by atoms with Gasteiger partial charge in [0.05, 0.1) is 0 Å². The molecular formula is C15H30N2S. The molecule has 0 aromatic rings. The molecule has 1 aliphatic carbocycles. The van der Waals surface area contributed by atoms with Crippen LogP contribution < -0.4 is 5.32 Å². The van der Waals surface area contributed by atoms with E-state index in [1.807, 2.05) is 0 Å². The van der Waals surface area contributed by atoms with Gasteiger partial charge in [-0.25, -0.2) is 0 Å². The molecule has 106 valence electrons. The second kappa shape index (κ2) is 7.76. The third-order valence-electron chi connectivity index (χ3n) is 4.67. The molecule has 0 radical (unpaired) electrons. The molecule has 1 saturated heterocycles. The lowest BCUT2D eigenvalue weighted by Crippen LogP contribution is -2.37. The van der Waals surface area contributed by atoms with E-state index < -0.39 is 0 Å². The number of hydrogen-bond acceptors (Lipinski definition) is 3. The van der Waals surface area contributed by atoms with Gasteiger partial charge < -0.3 is 10.2 Å². The highest BCUT2D eigenvalue weighted by atomic mass is 32.2. The minimum atomic E-state index is 0.907. The summed E-state index contributed by atoms with van der Waals surface area (Å²) in [5.74, 6) is 0.912. The summed E-state index contributed by atoms with van der Waals surface area (Å²) in [6, 6.07) is 0.907. The van der Waals surface area contributed by atoms with Crippen LogP contribution in [0.2, 0.25) is 0 Å². The van der Waals surface area contributed by atoms with Crippen molar-refractivity contribution >= 4 is 11.8 Å². The zero-order valence-electron chi connectivity index (χ0n) is 12.2. The molecule has 2 aliphatic rings. The highest BCUT2D eigenvalue weighted by Gasteiger charge is 2.30. The molecule has 3 heteroatoms.